The highest BCUT2D eigenvalue weighted by molar-refractivity contribution is 7.86. The molecule has 3 rings (SSSR count). The molecule has 1 aliphatic rings. The molecule has 6 heteroatoms. The van der Waals surface area contributed by atoms with Gasteiger partial charge in [0.05, 0.1) is 17.5 Å². The van der Waals surface area contributed by atoms with Crippen LogP contribution in [0, 0.1) is 0 Å². The average Bonchev–Trinajstić information content (AvgIpc) is 3.25. The Kier molecular flexibility index (Phi) is 13.5. The number of hydrogen-bond acceptors (Lipinski definition) is 4. The van der Waals surface area contributed by atoms with Crippen LogP contribution in [0.1, 0.15) is 122 Å². The van der Waals surface area contributed by atoms with E-state index in [0.717, 1.165) is 24.1 Å². The molecule has 1 heterocycles. The van der Waals surface area contributed by atoms with E-state index in [4.69, 9.17) is 0 Å². The summed E-state index contributed by atoms with van der Waals surface area (Å²) in [4.78, 5) is 2.09. The van der Waals surface area contributed by atoms with Gasteiger partial charge >= 0.3 is 0 Å². The SMILES string of the molecule is CCCCCCCCCCCCCCCCCCC1Nc2cccc(S(=O)(=O)O)c2N1Cc1ccccc1. The first-order valence-electron chi connectivity index (χ1n) is 15.2. The normalized spacial score (nSPS) is 15.0. The van der Waals surface area contributed by atoms with Gasteiger partial charge in [-0.2, -0.15) is 8.42 Å². The molecule has 0 spiro atoms. The lowest BCUT2D eigenvalue weighted by Crippen LogP contribution is -2.35. The number of fused-ring (bicyclic) bond motifs is 1. The molecular formula is C32H50N2O3S. The fraction of sp³-hybridized carbons (Fsp3) is 0.625. The van der Waals surface area contributed by atoms with Crippen molar-refractivity contribution in [1.82, 2.24) is 0 Å². The predicted octanol–water partition coefficient (Wildman–Crippen LogP) is 9.34. The van der Waals surface area contributed by atoms with Gasteiger partial charge < -0.3 is 10.2 Å². The summed E-state index contributed by atoms with van der Waals surface area (Å²) in [6.45, 7) is 2.87. The highest BCUT2D eigenvalue weighted by Gasteiger charge is 2.33. The van der Waals surface area contributed by atoms with Crippen molar-refractivity contribution in [3.8, 4) is 0 Å². The van der Waals surface area contributed by atoms with Crippen molar-refractivity contribution in [2.24, 2.45) is 0 Å². The average molecular weight is 543 g/mol. The van der Waals surface area contributed by atoms with Gasteiger partial charge in [-0.15, -0.1) is 0 Å². The van der Waals surface area contributed by atoms with Gasteiger partial charge in [0.1, 0.15) is 4.90 Å². The van der Waals surface area contributed by atoms with E-state index >= 15 is 0 Å². The fourth-order valence-corrected chi connectivity index (χ4v) is 6.36. The first kappa shape index (κ1) is 30.5. The van der Waals surface area contributed by atoms with Crippen molar-refractivity contribution in [3.05, 3.63) is 54.1 Å². The van der Waals surface area contributed by atoms with Gasteiger partial charge in [-0.05, 0) is 30.5 Å². The molecule has 0 amide bonds. The van der Waals surface area contributed by atoms with Crippen molar-refractivity contribution in [2.75, 3.05) is 10.2 Å². The van der Waals surface area contributed by atoms with E-state index in [9.17, 15) is 13.0 Å². The molecule has 0 saturated carbocycles. The Labute approximate surface area is 232 Å². The van der Waals surface area contributed by atoms with Gasteiger partial charge in [0.2, 0.25) is 0 Å². The summed E-state index contributed by atoms with van der Waals surface area (Å²) in [5.74, 6) is 0. The first-order valence-corrected chi connectivity index (χ1v) is 16.6. The van der Waals surface area contributed by atoms with Gasteiger partial charge in [0.15, 0.2) is 0 Å². The minimum absolute atomic E-state index is 0.0137. The van der Waals surface area contributed by atoms with Crippen LogP contribution in [0.25, 0.3) is 0 Å². The Balaban J connectivity index is 1.34. The standard InChI is InChI=1S/C32H50N2O3S/c1-2-3-4-5-6-7-8-9-10-11-12-13-14-15-16-20-26-31-33-29-24-21-25-30(38(35,36)37)32(29)34(31)27-28-22-18-17-19-23-28/h17-19,21-25,31,33H,2-16,20,26-27H2,1H3,(H,35,36,37). The molecule has 1 atom stereocenters. The van der Waals surface area contributed by atoms with Crippen LogP contribution >= 0.6 is 0 Å². The van der Waals surface area contributed by atoms with Crippen LogP contribution in [0.15, 0.2) is 53.4 Å². The Bertz CT molecular complexity index is 1030. The summed E-state index contributed by atoms with van der Waals surface area (Å²) in [5.41, 5.74) is 2.47. The summed E-state index contributed by atoms with van der Waals surface area (Å²) in [7, 11) is -4.31. The number of nitrogens with one attached hydrogen (secondary N) is 1. The minimum atomic E-state index is -4.31. The van der Waals surface area contributed by atoms with E-state index in [-0.39, 0.29) is 11.1 Å². The second kappa shape index (κ2) is 16.8. The molecule has 1 aliphatic heterocycles. The molecule has 0 radical (unpaired) electrons. The second-order valence-corrected chi connectivity index (χ2v) is 12.4. The quantitative estimate of drug-likeness (QED) is 0.129. The molecule has 212 valence electrons. The highest BCUT2D eigenvalue weighted by atomic mass is 32.2. The molecule has 2 aromatic carbocycles. The highest BCUT2D eigenvalue weighted by Crippen LogP contribution is 2.42. The summed E-state index contributed by atoms with van der Waals surface area (Å²) < 4.78 is 34.1. The number of nitrogens with zero attached hydrogens (tertiary/aromatic N) is 1. The summed E-state index contributed by atoms with van der Waals surface area (Å²) >= 11 is 0. The lowest BCUT2D eigenvalue weighted by Gasteiger charge is -2.28. The van der Waals surface area contributed by atoms with Crippen molar-refractivity contribution >= 4 is 21.5 Å². The zero-order valence-corrected chi connectivity index (χ0v) is 24.4. The van der Waals surface area contributed by atoms with Crippen molar-refractivity contribution in [1.29, 1.82) is 0 Å². The number of unbranched alkanes of at least 4 members (excludes halogenated alkanes) is 15. The maximum absolute atomic E-state index is 12.1. The predicted molar refractivity (Wildman–Crippen MR) is 160 cm³/mol. The van der Waals surface area contributed by atoms with Gasteiger partial charge in [-0.1, -0.05) is 140 Å². The Morgan fingerprint density at radius 2 is 1.24 bits per heavy atom. The summed E-state index contributed by atoms with van der Waals surface area (Å²) in [5, 5.41) is 3.52. The van der Waals surface area contributed by atoms with E-state index in [1.54, 1.807) is 6.07 Å². The smallest absolute Gasteiger partial charge is 0.296 e. The van der Waals surface area contributed by atoms with Gasteiger partial charge in [0.25, 0.3) is 10.1 Å². The molecule has 0 saturated heterocycles. The first-order chi connectivity index (χ1) is 18.5. The summed E-state index contributed by atoms with van der Waals surface area (Å²) in [6.07, 6.45) is 22.5. The molecule has 38 heavy (non-hydrogen) atoms. The third kappa shape index (κ3) is 10.3. The second-order valence-electron chi connectivity index (χ2n) is 11.0. The molecule has 0 fully saturated rings. The van der Waals surface area contributed by atoms with Crippen LogP contribution < -0.4 is 10.2 Å². The molecule has 0 aromatic heterocycles. The topological polar surface area (TPSA) is 69.6 Å². The summed E-state index contributed by atoms with van der Waals surface area (Å²) in [6, 6.07) is 15.2. The van der Waals surface area contributed by atoms with E-state index in [1.165, 1.54) is 102 Å². The largest absolute Gasteiger partial charge is 0.363 e. The lowest BCUT2D eigenvalue weighted by atomic mass is 10.0. The van der Waals surface area contributed by atoms with E-state index < -0.39 is 10.1 Å². The number of para-hydroxylation sites is 1. The van der Waals surface area contributed by atoms with E-state index in [0.29, 0.717) is 12.2 Å². The lowest BCUT2D eigenvalue weighted by molar-refractivity contribution is 0.482. The van der Waals surface area contributed by atoms with Gasteiger partial charge in [0, 0.05) is 6.54 Å². The van der Waals surface area contributed by atoms with Crippen molar-refractivity contribution in [2.45, 2.75) is 134 Å². The maximum Gasteiger partial charge on any atom is 0.296 e. The van der Waals surface area contributed by atoms with Gasteiger partial charge in [-0.3, -0.25) is 4.55 Å². The number of hydrogen-bond donors (Lipinski definition) is 2. The Morgan fingerprint density at radius 3 is 1.76 bits per heavy atom. The van der Waals surface area contributed by atoms with Crippen LogP contribution in [0.4, 0.5) is 11.4 Å². The Hall–Kier alpha value is -2.05. The Morgan fingerprint density at radius 1 is 0.711 bits per heavy atom. The number of rotatable bonds is 20. The van der Waals surface area contributed by atoms with Crippen LogP contribution in [0.2, 0.25) is 0 Å². The zero-order chi connectivity index (χ0) is 27.1. The molecule has 2 N–H and O–H groups in total. The molecule has 1 unspecified atom stereocenters. The molecule has 0 bridgehead atoms. The number of benzene rings is 2. The molecular weight excluding hydrogens is 492 g/mol. The van der Waals surface area contributed by atoms with E-state index in [2.05, 4.69) is 29.3 Å². The van der Waals surface area contributed by atoms with Crippen LogP contribution in [0.3, 0.4) is 0 Å². The van der Waals surface area contributed by atoms with Crippen LogP contribution in [0.5, 0.6) is 0 Å². The number of anilines is 2. The van der Waals surface area contributed by atoms with Gasteiger partial charge in [-0.25, -0.2) is 0 Å². The van der Waals surface area contributed by atoms with Crippen molar-refractivity contribution < 1.29 is 13.0 Å². The molecule has 5 nitrogen and oxygen atoms in total. The molecule has 2 aromatic rings. The third-order valence-electron chi connectivity index (χ3n) is 7.79. The molecule has 0 aliphatic carbocycles. The third-order valence-corrected chi connectivity index (χ3v) is 8.67. The maximum atomic E-state index is 12.1. The van der Waals surface area contributed by atoms with Crippen LogP contribution in [-0.4, -0.2) is 19.1 Å². The fourth-order valence-electron chi connectivity index (χ4n) is 5.64. The van der Waals surface area contributed by atoms with Crippen molar-refractivity contribution in [3.63, 3.8) is 0 Å². The zero-order valence-electron chi connectivity index (χ0n) is 23.5. The monoisotopic (exact) mass is 542 g/mol. The van der Waals surface area contributed by atoms with E-state index in [1.807, 2.05) is 24.3 Å². The van der Waals surface area contributed by atoms with Crippen LogP contribution in [-0.2, 0) is 16.7 Å². The minimum Gasteiger partial charge on any atom is -0.363 e.